The van der Waals surface area contributed by atoms with Crippen LogP contribution in [-0.2, 0) is 16.0 Å². The first kappa shape index (κ1) is 14.4. The number of fused-ring (bicyclic) bond motifs is 1. The summed E-state index contributed by atoms with van der Waals surface area (Å²) in [5.74, 6) is 1.46. The highest BCUT2D eigenvalue weighted by Crippen LogP contribution is 2.32. The van der Waals surface area contributed by atoms with Crippen LogP contribution in [0.1, 0.15) is 25.0 Å². The van der Waals surface area contributed by atoms with E-state index in [1.807, 2.05) is 26.0 Å². The van der Waals surface area contributed by atoms with Crippen molar-refractivity contribution in [2.75, 3.05) is 20.3 Å². The lowest BCUT2D eigenvalue weighted by molar-refractivity contribution is -0.124. The van der Waals surface area contributed by atoms with Crippen LogP contribution in [0.3, 0.4) is 0 Å². The zero-order valence-electron chi connectivity index (χ0n) is 12.8. The third kappa shape index (κ3) is 2.28. The van der Waals surface area contributed by atoms with Gasteiger partial charge in [0.25, 0.3) is 11.8 Å². The first-order valence-corrected chi connectivity index (χ1v) is 7.15. The molecule has 0 saturated heterocycles. The molecule has 3 rings (SSSR count). The van der Waals surface area contributed by atoms with Gasteiger partial charge in [0.05, 0.1) is 19.3 Å². The van der Waals surface area contributed by atoms with Gasteiger partial charge in [-0.05, 0) is 25.0 Å². The van der Waals surface area contributed by atoms with E-state index in [-0.39, 0.29) is 18.5 Å². The summed E-state index contributed by atoms with van der Waals surface area (Å²) in [6, 6.07) is 3.95. The molecule has 0 unspecified atom stereocenters. The molecule has 1 aromatic carbocycles. The molecule has 0 aliphatic carbocycles. The molecule has 0 N–H and O–H groups in total. The summed E-state index contributed by atoms with van der Waals surface area (Å²) >= 11 is 0. The molecule has 1 aromatic rings. The van der Waals surface area contributed by atoms with E-state index in [1.165, 1.54) is 5.01 Å². The van der Waals surface area contributed by atoms with Gasteiger partial charge >= 0.3 is 6.02 Å². The third-order valence-corrected chi connectivity index (χ3v) is 3.44. The van der Waals surface area contributed by atoms with Gasteiger partial charge in [-0.2, -0.15) is 0 Å². The van der Waals surface area contributed by atoms with Gasteiger partial charge in [0.2, 0.25) is 0 Å². The first-order chi connectivity index (χ1) is 10.7. The molecule has 0 atom stereocenters. The van der Waals surface area contributed by atoms with Crippen molar-refractivity contribution in [1.29, 1.82) is 0 Å². The number of ether oxygens (including phenoxy) is 3. The minimum atomic E-state index is -0.203. The smallest absolute Gasteiger partial charge is 0.323 e. The summed E-state index contributed by atoms with van der Waals surface area (Å²) in [6.07, 6.45) is 0.795. The van der Waals surface area contributed by atoms with Crippen LogP contribution < -0.4 is 9.47 Å². The Bertz CT molecular complexity index is 682. The Labute approximate surface area is 128 Å². The first-order valence-electron chi connectivity index (χ1n) is 7.15. The van der Waals surface area contributed by atoms with Crippen molar-refractivity contribution in [3.05, 3.63) is 23.3 Å². The topological polar surface area (TPSA) is 72.7 Å². The number of carbonyl (C=O) groups is 1. The van der Waals surface area contributed by atoms with E-state index in [1.54, 1.807) is 7.11 Å². The highest BCUT2D eigenvalue weighted by Gasteiger charge is 2.36. The molecule has 0 fully saturated rings. The summed E-state index contributed by atoms with van der Waals surface area (Å²) in [5.41, 5.74) is 1.69. The van der Waals surface area contributed by atoms with Gasteiger partial charge in [-0.15, -0.1) is 10.1 Å². The predicted molar refractivity (Wildman–Crippen MR) is 80.3 cm³/mol. The van der Waals surface area contributed by atoms with Gasteiger partial charge in [0, 0.05) is 6.07 Å². The molecule has 0 saturated carbocycles. The average molecular weight is 303 g/mol. The van der Waals surface area contributed by atoms with E-state index in [9.17, 15) is 4.79 Å². The number of hydrogen-bond donors (Lipinski definition) is 0. The van der Waals surface area contributed by atoms with E-state index < -0.39 is 0 Å². The van der Waals surface area contributed by atoms with E-state index in [4.69, 9.17) is 14.2 Å². The molecule has 22 heavy (non-hydrogen) atoms. The molecule has 0 radical (unpaired) electrons. The highest BCUT2D eigenvalue weighted by molar-refractivity contribution is 6.13. The zero-order chi connectivity index (χ0) is 15.7. The molecular weight excluding hydrogens is 286 g/mol. The number of methoxy groups -OCH3 is 1. The summed E-state index contributed by atoms with van der Waals surface area (Å²) in [7, 11) is 1.57. The Kier molecular flexibility index (Phi) is 3.70. The lowest BCUT2D eigenvalue weighted by Crippen LogP contribution is -2.23. The van der Waals surface area contributed by atoms with Crippen molar-refractivity contribution in [3.8, 4) is 11.5 Å². The molecular formula is C15H17N3O4. The number of aliphatic imine (C=N–C) groups is 1. The van der Waals surface area contributed by atoms with Crippen molar-refractivity contribution in [1.82, 2.24) is 5.01 Å². The average Bonchev–Trinajstić information content (AvgIpc) is 3.09. The minimum absolute atomic E-state index is 0.0761. The van der Waals surface area contributed by atoms with Crippen LogP contribution in [0.4, 0.5) is 0 Å². The zero-order valence-corrected chi connectivity index (χ0v) is 12.8. The summed E-state index contributed by atoms with van der Waals surface area (Å²) < 4.78 is 16.6. The van der Waals surface area contributed by atoms with Gasteiger partial charge in [-0.25, -0.2) is 4.99 Å². The van der Waals surface area contributed by atoms with Crippen molar-refractivity contribution in [2.45, 2.75) is 20.3 Å². The Balaban J connectivity index is 2.02. The standard InChI is InChI=1S/C15H17N3O4/c1-4-9-6-10(12(20-3)7-11(9)21-5-2)14-17-18-13(19)8-16-15(18)22-14/h6-7H,4-5,8H2,1-3H3. The summed E-state index contributed by atoms with van der Waals surface area (Å²) in [4.78, 5) is 15.6. The van der Waals surface area contributed by atoms with Gasteiger partial charge in [-0.1, -0.05) is 6.92 Å². The monoisotopic (exact) mass is 303 g/mol. The maximum atomic E-state index is 11.6. The maximum absolute atomic E-state index is 11.6. The van der Waals surface area contributed by atoms with Gasteiger partial charge in [0.1, 0.15) is 18.0 Å². The number of amidine groups is 1. The van der Waals surface area contributed by atoms with Crippen LogP contribution in [0.2, 0.25) is 0 Å². The molecule has 7 heteroatoms. The highest BCUT2D eigenvalue weighted by atomic mass is 16.5. The number of nitrogens with zero attached hydrogens (tertiary/aromatic N) is 3. The van der Waals surface area contributed by atoms with Crippen molar-refractivity contribution < 1.29 is 19.0 Å². The number of hydrogen-bond acceptors (Lipinski definition) is 6. The number of hydrazone groups is 1. The Morgan fingerprint density at radius 3 is 2.77 bits per heavy atom. The second-order valence-electron chi connectivity index (χ2n) is 4.76. The fourth-order valence-corrected chi connectivity index (χ4v) is 2.36. The molecule has 7 nitrogen and oxygen atoms in total. The van der Waals surface area contributed by atoms with Crippen LogP contribution >= 0.6 is 0 Å². The Morgan fingerprint density at radius 1 is 1.32 bits per heavy atom. The molecule has 0 spiro atoms. The fourth-order valence-electron chi connectivity index (χ4n) is 2.36. The normalized spacial score (nSPS) is 16.1. The maximum Gasteiger partial charge on any atom is 0.323 e. The summed E-state index contributed by atoms with van der Waals surface area (Å²) in [5, 5.41) is 5.37. The van der Waals surface area contributed by atoms with Crippen molar-refractivity contribution in [3.63, 3.8) is 0 Å². The number of amides is 1. The molecule has 2 aliphatic heterocycles. The number of benzene rings is 1. The lowest BCUT2D eigenvalue weighted by atomic mass is 10.1. The number of carbonyl (C=O) groups excluding carboxylic acids is 1. The van der Waals surface area contributed by atoms with Crippen LogP contribution in [0.15, 0.2) is 22.2 Å². The van der Waals surface area contributed by atoms with E-state index in [0.29, 0.717) is 23.8 Å². The second-order valence-corrected chi connectivity index (χ2v) is 4.76. The van der Waals surface area contributed by atoms with Gasteiger partial charge in [0.15, 0.2) is 0 Å². The van der Waals surface area contributed by atoms with E-state index in [0.717, 1.165) is 17.7 Å². The quantitative estimate of drug-likeness (QED) is 0.827. The molecule has 116 valence electrons. The Hall–Kier alpha value is -2.57. The van der Waals surface area contributed by atoms with Gasteiger partial charge in [-0.3, -0.25) is 4.79 Å². The van der Waals surface area contributed by atoms with Crippen LogP contribution in [0.25, 0.3) is 0 Å². The molecule has 2 heterocycles. The van der Waals surface area contributed by atoms with Crippen LogP contribution in [-0.4, -0.2) is 43.1 Å². The third-order valence-electron chi connectivity index (χ3n) is 3.44. The molecule has 2 aliphatic rings. The van der Waals surface area contributed by atoms with Crippen LogP contribution in [0.5, 0.6) is 11.5 Å². The molecule has 1 amide bonds. The van der Waals surface area contributed by atoms with E-state index in [2.05, 4.69) is 10.1 Å². The number of rotatable bonds is 5. The minimum Gasteiger partial charge on any atom is -0.496 e. The summed E-state index contributed by atoms with van der Waals surface area (Å²) in [6.45, 7) is 4.62. The molecule has 0 bridgehead atoms. The lowest BCUT2D eigenvalue weighted by Gasteiger charge is -2.14. The molecule has 0 aromatic heterocycles. The SMILES string of the molecule is CCOc1cc(OC)c(C2=NN3C(=O)CN=C3O2)cc1CC. The van der Waals surface area contributed by atoms with Crippen LogP contribution in [0, 0.1) is 0 Å². The number of aryl methyl sites for hydroxylation is 1. The fraction of sp³-hybridized carbons (Fsp3) is 0.400. The second kappa shape index (κ2) is 5.67. The largest absolute Gasteiger partial charge is 0.496 e. The van der Waals surface area contributed by atoms with Gasteiger partial charge < -0.3 is 14.2 Å². The Morgan fingerprint density at radius 2 is 2.14 bits per heavy atom. The predicted octanol–water partition coefficient (Wildman–Crippen LogP) is 1.55. The van der Waals surface area contributed by atoms with E-state index >= 15 is 0 Å². The van der Waals surface area contributed by atoms with Crippen molar-refractivity contribution >= 4 is 17.8 Å². The van der Waals surface area contributed by atoms with Crippen molar-refractivity contribution in [2.24, 2.45) is 10.1 Å².